The number of nitrogens with zero attached hydrogens (tertiary/aromatic N) is 1. The van der Waals surface area contributed by atoms with Crippen molar-refractivity contribution in [3.63, 3.8) is 0 Å². The molecule has 0 bridgehead atoms. The molecule has 2 aromatic rings. The third-order valence-electron chi connectivity index (χ3n) is 2.56. The molecule has 1 atom stereocenters. The second-order valence-corrected chi connectivity index (χ2v) is 5.44. The topological polar surface area (TPSA) is 24.9 Å². The molecule has 0 aliphatic rings. The van der Waals surface area contributed by atoms with E-state index in [1.807, 2.05) is 18.5 Å². The molecule has 90 valence electrons. The Hall–Kier alpha value is -0.780. The van der Waals surface area contributed by atoms with Gasteiger partial charge in [0.2, 0.25) is 0 Å². The summed E-state index contributed by atoms with van der Waals surface area (Å²) in [6, 6.07) is 4.95. The maximum atomic E-state index is 13.8. The molecule has 1 N–H and O–H groups in total. The van der Waals surface area contributed by atoms with Crippen LogP contribution in [0, 0.1) is 5.82 Å². The molecule has 1 aromatic carbocycles. The van der Waals surface area contributed by atoms with Crippen LogP contribution in [0.2, 0.25) is 0 Å². The highest BCUT2D eigenvalue weighted by atomic mass is 79.9. The van der Waals surface area contributed by atoms with Gasteiger partial charge in [-0.05, 0) is 19.2 Å². The maximum Gasteiger partial charge on any atom is 0.129 e. The van der Waals surface area contributed by atoms with Gasteiger partial charge in [0.05, 0.1) is 5.01 Å². The fourth-order valence-corrected chi connectivity index (χ4v) is 3.00. The molecule has 2 nitrogen and oxygen atoms in total. The van der Waals surface area contributed by atoms with Crippen LogP contribution in [0.5, 0.6) is 0 Å². The van der Waals surface area contributed by atoms with Gasteiger partial charge in [0.1, 0.15) is 5.82 Å². The maximum absolute atomic E-state index is 13.8. The first kappa shape index (κ1) is 12.7. The molecule has 0 saturated heterocycles. The number of halogens is 2. The van der Waals surface area contributed by atoms with Crippen molar-refractivity contribution in [2.45, 2.75) is 12.5 Å². The van der Waals surface area contributed by atoms with Crippen molar-refractivity contribution in [3.8, 4) is 0 Å². The fraction of sp³-hybridized carbons (Fsp3) is 0.250. The summed E-state index contributed by atoms with van der Waals surface area (Å²) in [5.74, 6) is -0.199. The van der Waals surface area contributed by atoms with Gasteiger partial charge in [-0.3, -0.25) is 0 Å². The van der Waals surface area contributed by atoms with E-state index >= 15 is 0 Å². The molecule has 0 aliphatic heterocycles. The summed E-state index contributed by atoms with van der Waals surface area (Å²) in [7, 11) is 1.83. The third kappa shape index (κ3) is 2.91. The molecule has 0 fully saturated rings. The van der Waals surface area contributed by atoms with Gasteiger partial charge in [-0.15, -0.1) is 11.3 Å². The fourth-order valence-electron chi connectivity index (χ4n) is 1.72. The smallest absolute Gasteiger partial charge is 0.129 e. The number of thiazole rings is 1. The zero-order chi connectivity index (χ0) is 12.3. The predicted molar refractivity (Wildman–Crippen MR) is 71.7 cm³/mol. The van der Waals surface area contributed by atoms with E-state index in [1.165, 1.54) is 6.07 Å². The van der Waals surface area contributed by atoms with Crippen LogP contribution in [0.3, 0.4) is 0 Å². The molecule has 0 radical (unpaired) electrons. The van der Waals surface area contributed by atoms with Crippen molar-refractivity contribution in [1.29, 1.82) is 0 Å². The number of nitrogens with one attached hydrogen (secondary N) is 1. The summed E-state index contributed by atoms with van der Waals surface area (Å²) in [6.45, 7) is 0. The molecular formula is C12H12BrFN2S. The van der Waals surface area contributed by atoms with Gasteiger partial charge in [-0.1, -0.05) is 22.0 Å². The van der Waals surface area contributed by atoms with E-state index in [0.717, 1.165) is 9.48 Å². The lowest BCUT2D eigenvalue weighted by Gasteiger charge is -2.17. The Bertz CT molecular complexity index is 467. The number of likely N-dealkylation sites (N-methyl/N-ethyl adjacent to an activating group) is 1. The first-order valence-electron chi connectivity index (χ1n) is 5.22. The van der Waals surface area contributed by atoms with Crippen molar-refractivity contribution in [2.75, 3.05) is 7.05 Å². The Morgan fingerprint density at radius 2 is 2.35 bits per heavy atom. The third-order valence-corrected chi connectivity index (χ3v) is 4.05. The van der Waals surface area contributed by atoms with Crippen LogP contribution in [-0.4, -0.2) is 12.0 Å². The summed E-state index contributed by atoms with van der Waals surface area (Å²) >= 11 is 4.98. The van der Waals surface area contributed by atoms with Gasteiger partial charge in [-0.25, -0.2) is 9.37 Å². The average Bonchev–Trinajstić information content (AvgIpc) is 2.80. The highest BCUT2D eigenvalue weighted by Gasteiger charge is 2.18. The molecule has 0 amide bonds. The Balaban J connectivity index is 2.29. The van der Waals surface area contributed by atoms with Crippen molar-refractivity contribution >= 4 is 27.3 Å². The van der Waals surface area contributed by atoms with Crippen LogP contribution < -0.4 is 5.32 Å². The van der Waals surface area contributed by atoms with Crippen LogP contribution in [0.4, 0.5) is 4.39 Å². The van der Waals surface area contributed by atoms with Gasteiger partial charge in [-0.2, -0.15) is 0 Å². The second kappa shape index (κ2) is 5.71. The van der Waals surface area contributed by atoms with Crippen LogP contribution in [0.25, 0.3) is 0 Å². The van der Waals surface area contributed by atoms with E-state index in [1.54, 1.807) is 23.6 Å². The quantitative estimate of drug-likeness (QED) is 0.933. The molecule has 0 saturated carbocycles. The minimum absolute atomic E-state index is 0.0725. The van der Waals surface area contributed by atoms with Crippen LogP contribution in [0.1, 0.15) is 16.6 Å². The first-order valence-corrected chi connectivity index (χ1v) is 6.89. The molecule has 17 heavy (non-hydrogen) atoms. The number of hydrogen-bond acceptors (Lipinski definition) is 3. The van der Waals surface area contributed by atoms with Crippen molar-refractivity contribution in [2.24, 2.45) is 0 Å². The van der Waals surface area contributed by atoms with E-state index < -0.39 is 0 Å². The Morgan fingerprint density at radius 3 is 2.94 bits per heavy atom. The molecule has 1 unspecified atom stereocenters. The van der Waals surface area contributed by atoms with E-state index in [0.29, 0.717) is 12.0 Å². The Morgan fingerprint density at radius 1 is 1.53 bits per heavy atom. The van der Waals surface area contributed by atoms with E-state index in [-0.39, 0.29) is 11.9 Å². The van der Waals surface area contributed by atoms with E-state index in [9.17, 15) is 4.39 Å². The normalized spacial score (nSPS) is 12.6. The van der Waals surface area contributed by atoms with E-state index in [4.69, 9.17) is 0 Å². The number of rotatable bonds is 4. The number of aromatic nitrogens is 1. The summed E-state index contributed by atoms with van der Waals surface area (Å²) in [5, 5.41) is 6.06. The summed E-state index contributed by atoms with van der Waals surface area (Å²) < 4.78 is 14.6. The first-order chi connectivity index (χ1) is 8.22. The second-order valence-electron chi connectivity index (χ2n) is 3.61. The van der Waals surface area contributed by atoms with Crippen LogP contribution in [-0.2, 0) is 6.42 Å². The Labute approximate surface area is 112 Å². The standard InChI is InChI=1S/C12H12BrFN2S/c1-15-10(7-11-16-5-6-17-11)12-8(13)3-2-4-9(12)14/h2-6,10,15H,7H2,1H3. The molecule has 1 heterocycles. The molecule has 5 heteroatoms. The van der Waals surface area contributed by atoms with Gasteiger partial charge >= 0.3 is 0 Å². The molecule has 0 spiro atoms. The van der Waals surface area contributed by atoms with E-state index in [2.05, 4.69) is 26.2 Å². The van der Waals surface area contributed by atoms with Gasteiger partial charge in [0.25, 0.3) is 0 Å². The zero-order valence-electron chi connectivity index (χ0n) is 9.28. The minimum Gasteiger partial charge on any atom is -0.313 e. The Kier molecular flexibility index (Phi) is 4.25. The van der Waals surface area contributed by atoms with Gasteiger partial charge in [0.15, 0.2) is 0 Å². The lowest BCUT2D eigenvalue weighted by Crippen LogP contribution is -2.20. The molecular weight excluding hydrogens is 303 g/mol. The molecule has 0 aliphatic carbocycles. The highest BCUT2D eigenvalue weighted by Crippen LogP contribution is 2.28. The van der Waals surface area contributed by atoms with Crippen molar-refractivity contribution in [3.05, 3.63) is 50.6 Å². The van der Waals surface area contributed by atoms with Crippen molar-refractivity contribution < 1.29 is 4.39 Å². The zero-order valence-corrected chi connectivity index (χ0v) is 11.7. The van der Waals surface area contributed by atoms with Gasteiger partial charge in [0, 0.05) is 34.1 Å². The van der Waals surface area contributed by atoms with Crippen LogP contribution >= 0.6 is 27.3 Å². The minimum atomic E-state index is -0.199. The van der Waals surface area contributed by atoms with Gasteiger partial charge < -0.3 is 5.32 Å². The summed E-state index contributed by atoms with van der Waals surface area (Å²) in [6.07, 6.45) is 2.46. The molecule has 2 rings (SSSR count). The lowest BCUT2D eigenvalue weighted by molar-refractivity contribution is 0.531. The van der Waals surface area contributed by atoms with Crippen molar-refractivity contribution in [1.82, 2.24) is 10.3 Å². The molecule has 1 aromatic heterocycles. The average molecular weight is 315 g/mol. The highest BCUT2D eigenvalue weighted by molar-refractivity contribution is 9.10. The number of benzene rings is 1. The lowest BCUT2D eigenvalue weighted by atomic mass is 10.0. The largest absolute Gasteiger partial charge is 0.313 e. The van der Waals surface area contributed by atoms with Crippen LogP contribution in [0.15, 0.2) is 34.2 Å². The summed E-state index contributed by atoms with van der Waals surface area (Å²) in [5.41, 5.74) is 0.658. The predicted octanol–water partition coefficient (Wildman–Crippen LogP) is 3.55. The number of hydrogen-bond donors (Lipinski definition) is 1. The monoisotopic (exact) mass is 314 g/mol. The summed E-state index contributed by atoms with van der Waals surface area (Å²) in [4.78, 5) is 4.23. The SMILES string of the molecule is CNC(Cc1nccs1)c1c(F)cccc1Br.